The molecule has 1 amide bonds. The highest BCUT2D eigenvalue weighted by molar-refractivity contribution is 5.85. The zero-order valence-electron chi connectivity index (χ0n) is 14.0. The average Bonchev–Trinajstić information content (AvgIpc) is 3.10. The standard InChI is InChI=1S/C18H26FN3O.ClH/c19-16-7-5-14(6-8-16)12-22-10-2-3-15(13-22)11-21-18(23)17-4-1-9-20-17;/h5-8,15,17,20H,1-4,9-13H2,(H,21,23);1H. The van der Waals surface area contributed by atoms with Crippen LogP contribution < -0.4 is 10.6 Å². The number of carbonyl (C=O) groups excluding carboxylic acids is 1. The number of rotatable bonds is 5. The van der Waals surface area contributed by atoms with Crippen LogP contribution in [0.4, 0.5) is 4.39 Å². The molecule has 2 aliphatic rings. The van der Waals surface area contributed by atoms with Crippen molar-refractivity contribution in [3.8, 4) is 0 Å². The number of carbonyl (C=O) groups is 1. The van der Waals surface area contributed by atoms with Crippen molar-refractivity contribution in [2.45, 2.75) is 38.3 Å². The third-order valence-corrected chi connectivity index (χ3v) is 4.86. The zero-order chi connectivity index (χ0) is 16.1. The third kappa shape index (κ3) is 5.43. The van der Waals surface area contributed by atoms with Gasteiger partial charge in [0.05, 0.1) is 6.04 Å². The number of benzene rings is 1. The van der Waals surface area contributed by atoms with Crippen LogP contribution in [0.15, 0.2) is 24.3 Å². The molecule has 2 fully saturated rings. The molecule has 4 nitrogen and oxygen atoms in total. The largest absolute Gasteiger partial charge is 0.354 e. The van der Waals surface area contributed by atoms with E-state index in [1.54, 1.807) is 0 Å². The minimum absolute atomic E-state index is 0. The van der Waals surface area contributed by atoms with E-state index < -0.39 is 0 Å². The van der Waals surface area contributed by atoms with Gasteiger partial charge in [-0.3, -0.25) is 9.69 Å². The van der Waals surface area contributed by atoms with E-state index >= 15 is 0 Å². The van der Waals surface area contributed by atoms with Crippen LogP contribution in [0.3, 0.4) is 0 Å². The Hall–Kier alpha value is -1.17. The van der Waals surface area contributed by atoms with Crippen LogP contribution in [0.5, 0.6) is 0 Å². The lowest BCUT2D eigenvalue weighted by Crippen LogP contribution is -2.45. The Bertz CT molecular complexity index is 520. The van der Waals surface area contributed by atoms with Crippen molar-refractivity contribution in [3.63, 3.8) is 0 Å². The number of hydrogen-bond donors (Lipinski definition) is 2. The van der Waals surface area contributed by atoms with Crippen LogP contribution in [0.2, 0.25) is 0 Å². The first-order chi connectivity index (χ1) is 11.2. The van der Waals surface area contributed by atoms with Crippen molar-refractivity contribution < 1.29 is 9.18 Å². The molecule has 1 aromatic carbocycles. The Morgan fingerprint density at radius 2 is 2.04 bits per heavy atom. The summed E-state index contributed by atoms with van der Waals surface area (Å²) in [6, 6.07) is 6.75. The van der Waals surface area contributed by atoms with E-state index in [2.05, 4.69) is 15.5 Å². The van der Waals surface area contributed by atoms with Crippen molar-refractivity contribution in [3.05, 3.63) is 35.6 Å². The molecule has 0 aliphatic carbocycles. The molecule has 2 N–H and O–H groups in total. The molecule has 0 bridgehead atoms. The van der Waals surface area contributed by atoms with E-state index in [4.69, 9.17) is 0 Å². The van der Waals surface area contributed by atoms with Gasteiger partial charge in [-0.15, -0.1) is 12.4 Å². The van der Waals surface area contributed by atoms with Crippen molar-refractivity contribution in [2.75, 3.05) is 26.2 Å². The average molecular weight is 356 g/mol. The van der Waals surface area contributed by atoms with Crippen LogP contribution in [-0.4, -0.2) is 43.0 Å². The van der Waals surface area contributed by atoms with Gasteiger partial charge < -0.3 is 10.6 Å². The van der Waals surface area contributed by atoms with Crippen LogP contribution in [-0.2, 0) is 11.3 Å². The Labute approximate surface area is 149 Å². The predicted molar refractivity (Wildman–Crippen MR) is 95.7 cm³/mol. The molecule has 2 saturated heterocycles. The van der Waals surface area contributed by atoms with Gasteiger partial charge in [-0.25, -0.2) is 4.39 Å². The van der Waals surface area contributed by atoms with E-state index in [-0.39, 0.29) is 30.2 Å². The summed E-state index contributed by atoms with van der Waals surface area (Å²) in [6.07, 6.45) is 4.36. The molecule has 3 rings (SSSR count). The van der Waals surface area contributed by atoms with Gasteiger partial charge in [0.2, 0.25) is 5.91 Å². The van der Waals surface area contributed by atoms with Crippen molar-refractivity contribution >= 4 is 18.3 Å². The third-order valence-electron chi connectivity index (χ3n) is 4.86. The fourth-order valence-corrected chi connectivity index (χ4v) is 3.59. The van der Waals surface area contributed by atoms with Crippen LogP contribution in [0, 0.1) is 11.7 Å². The second-order valence-corrected chi connectivity index (χ2v) is 6.76. The van der Waals surface area contributed by atoms with E-state index in [0.717, 1.165) is 64.0 Å². The maximum Gasteiger partial charge on any atom is 0.237 e. The van der Waals surface area contributed by atoms with Gasteiger partial charge in [-0.1, -0.05) is 12.1 Å². The molecule has 2 heterocycles. The number of piperidine rings is 1. The summed E-state index contributed by atoms with van der Waals surface area (Å²) in [6.45, 7) is 4.64. The highest BCUT2D eigenvalue weighted by atomic mass is 35.5. The topological polar surface area (TPSA) is 44.4 Å². The number of hydrogen-bond acceptors (Lipinski definition) is 3. The fourth-order valence-electron chi connectivity index (χ4n) is 3.59. The molecule has 134 valence electrons. The molecular weight excluding hydrogens is 329 g/mol. The highest BCUT2D eigenvalue weighted by Crippen LogP contribution is 2.18. The van der Waals surface area contributed by atoms with Crippen LogP contribution in [0.1, 0.15) is 31.2 Å². The smallest absolute Gasteiger partial charge is 0.237 e. The number of likely N-dealkylation sites (tertiary alicyclic amines) is 1. The Kier molecular flexibility index (Phi) is 7.46. The van der Waals surface area contributed by atoms with Crippen molar-refractivity contribution in [1.29, 1.82) is 0 Å². The summed E-state index contributed by atoms with van der Waals surface area (Å²) >= 11 is 0. The summed E-state index contributed by atoms with van der Waals surface area (Å²) < 4.78 is 13.0. The maximum absolute atomic E-state index is 13.0. The maximum atomic E-state index is 13.0. The van der Waals surface area contributed by atoms with Crippen LogP contribution in [0.25, 0.3) is 0 Å². The molecule has 1 aromatic rings. The van der Waals surface area contributed by atoms with Gasteiger partial charge in [0.15, 0.2) is 0 Å². The number of amides is 1. The summed E-state index contributed by atoms with van der Waals surface area (Å²) in [5, 5.41) is 6.35. The monoisotopic (exact) mass is 355 g/mol. The van der Waals surface area contributed by atoms with E-state index in [9.17, 15) is 9.18 Å². The minimum atomic E-state index is -0.187. The molecular formula is C18H27ClFN3O. The predicted octanol–water partition coefficient (Wildman–Crippen LogP) is 2.33. The van der Waals surface area contributed by atoms with Crippen molar-refractivity contribution in [2.24, 2.45) is 5.92 Å². The van der Waals surface area contributed by atoms with Gasteiger partial charge >= 0.3 is 0 Å². The Morgan fingerprint density at radius 3 is 2.75 bits per heavy atom. The summed E-state index contributed by atoms with van der Waals surface area (Å²) in [7, 11) is 0. The lowest BCUT2D eigenvalue weighted by atomic mass is 9.97. The van der Waals surface area contributed by atoms with Gasteiger partial charge in [0.25, 0.3) is 0 Å². The molecule has 24 heavy (non-hydrogen) atoms. The molecule has 0 aromatic heterocycles. The van der Waals surface area contributed by atoms with E-state index in [1.165, 1.54) is 12.1 Å². The van der Waals surface area contributed by atoms with E-state index in [1.807, 2.05) is 12.1 Å². The lowest BCUT2D eigenvalue weighted by molar-refractivity contribution is -0.123. The molecule has 2 atom stereocenters. The van der Waals surface area contributed by atoms with Crippen molar-refractivity contribution in [1.82, 2.24) is 15.5 Å². The minimum Gasteiger partial charge on any atom is -0.354 e. The summed E-state index contributed by atoms with van der Waals surface area (Å²) in [5.74, 6) is 0.473. The van der Waals surface area contributed by atoms with Gasteiger partial charge in [-0.05, 0) is 62.4 Å². The molecule has 0 radical (unpaired) electrons. The van der Waals surface area contributed by atoms with Gasteiger partial charge in [0.1, 0.15) is 5.82 Å². The van der Waals surface area contributed by atoms with E-state index in [0.29, 0.717) is 5.92 Å². The molecule has 0 spiro atoms. The quantitative estimate of drug-likeness (QED) is 0.852. The highest BCUT2D eigenvalue weighted by Gasteiger charge is 2.24. The number of nitrogens with zero attached hydrogens (tertiary/aromatic N) is 1. The Balaban J connectivity index is 0.00000208. The van der Waals surface area contributed by atoms with Crippen LogP contribution >= 0.6 is 12.4 Å². The first-order valence-electron chi connectivity index (χ1n) is 8.68. The van der Waals surface area contributed by atoms with Gasteiger partial charge in [0, 0.05) is 19.6 Å². The summed E-state index contributed by atoms with van der Waals surface area (Å²) in [5.41, 5.74) is 1.14. The summed E-state index contributed by atoms with van der Waals surface area (Å²) in [4.78, 5) is 14.5. The normalized spacial score (nSPS) is 24.4. The second-order valence-electron chi connectivity index (χ2n) is 6.76. The fraction of sp³-hybridized carbons (Fsp3) is 0.611. The first kappa shape index (κ1) is 19.2. The molecule has 6 heteroatoms. The zero-order valence-corrected chi connectivity index (χ0v) is 14.8. The molecule has 2 aliphatic heterocycles. The lowest BCUT2D eigenvalue weighted by Gasteiger charge is -2.33. The number of nitrogens with one attached hydrogen (secondary N) is 2. The van der Waals surface area contributed by atoms with Gasteiger partial charge in [-0.2, -0.15) is 0 Å². The molecule has 2 unspecified atom stereocenters. The first-order valence-corrected chi connectivity index (χ1v) is 8.68. The SMILES string of the molecule is Cl.O=C(NCC1CCCN(Cc2ccc(F)cc2)C1)C1CCCN1. The Morgan fingerprint density at radius 1 is 1.25 bits per heavy atom. The molecule has 0 saturated carbocycles. The second kappa shape index (κ2) is 9.35. The number of halogens is 2.